The number of nitrogens with two attached hydrogens (primary N) is 1. The molecular weight excluding hydrogens is 335 g/mol. The molecule has 9 heteroatoms. The maximum Gasteiger partial charge on any atom is 0.252 e. The van der Waals surface area contributed by atoms with Crippen LogP contribution >= 0.6 is 12.2 Å². The first-order valence-electron chi connectivity index (χ1n) is 7.09. The van der Waals surface area contributed by atoms with Gasteiger partial charge in [0.05, 0.1) is 19.3 Å². The lowest BCUT2D eigenvalue weighted by atomic mass is 10.1. The summed E-state index contributed by atoms with van der Waals surface area (Å²) in [5.41, 5.74) is 5.49. The Morgan fingerprint density at radius 2 is 2.21 bits per heavy atom. The van der Waals surface area contributed by atoms with Crippen molar-refractivity contribution in [3.63, 3.8) is 0 Å². The van der Waals surface area contributed by atoms with E-state index < -0.39 is 17.3 Å². The number of carbonyl (C=O) groups is 1. The van der Waals surface area contributed by atoms with Gasteiger partial charge in [-0.1, -0.05) is 0 Å². The molecule has 1 amide bonds. The lowest BCUT2D eigenvalue weighted by Crippen LogP contribution is -2.31. The summed E-state index contributed by atoms with van der Waals surface area (Å²) >= 11 is 5.19. The molecule has 0 radical (unpaired) electrons. The van der Waals surface area contributed by atoms with Gasteiger partial charge >= 0.3 is 0 Å². The first-order valence-corrected chi connectivity index (χ1v) is 7.50. The average molecular weight is 352 g/mol. The molecule has 7 nitrogen and oxygen atoms in total. The number of halogens is 1. The van der Waals surface area contributed by atoms with Crippen LogP contribution in [-0.4, -0.2) is 35.7 Å². The maximum absolute atomic E-state index is 13.7. The topological polar surface area (TPSA) is 102 Å². The van der Waals surface area contributed by atoms with Crippen molar-refractivity contribution in [3.8, 4) is 17.0 Å². The van der Waals surface area contributed by atoms with Gasteiger partial charge in [0.15, 0.2) is 4.77 Å². The van der Waals surface area contributed by atoms with E-state index in [2.05, 4.69) is 10.3 Å². The SMILES string of the molecule is COc1ccc(F)cc1-c1cc(=O)[nH]c(=S)n1CCNCC(N)=O. The highest BCUT2D eigenvalue weighted by Crippen LogP contribution is 2.29. The zero-order valence-corrected chi connectivity index (χ0v) is 13.8. The molecule has 1 aromatic heterocycles. The molecule has 0 fully saturated rings. The molecule has 1 aromatic carbocycles. The van der Waals surface area contributed by atoms with E-state index in [1.54, 1.807) is 4.57 Å². The number of benzene rings is 1. The Hall–Kier alpha value is -2.52. The number of nitrogens with one attached hydrogen (secondary N) is 2. The standard InChI is InChI=1S/C15H17FN4O3S/c1-23-12-3-2-9(16)6-10(12)11-7-14(22)19-15(24)20(11)5-4-18-8-13(17)21/h2-3,6-7,18H,4-5,8H2,1H3,(H2,17,21)(H,19,22,24). The monoisotopic (exact) mass is 352 g/mol. The van der Waals surface area contributed by atoms with Crippen LogP contribution in [0.15, 0.2) is 29.1 Å². The molecule has 128 valence electrons. The summed E-state index contributed by atoms with van der Waals surface area (Å²) in [4.78, 5) is 25.1. The van der Waals surface area contributed by atoms with E-state index in [1.165, 1.54) is 31.4 Å². The number of rotatable bonds is 7. The summed E-state index contributed by atoms with van der Waals surface area (Å²) < 4.78 is 20.7. The summed E-state index contributed by atoms with van der Waals surface area (Å²) in [6, 6.07) is 5.34. The fourth-order valence-corrected chi connectivity index (χ4v) is 2.54. The van der Waals surface area contributed by atoms with E-state index in [4.69, 9.17) is 22.7 Å². The minimum atomic E-state index is -0.480. The van der Waals surface area contributed by atoms with Crippen LogP contribution in [0.2, 0.25) is 0 Å². The van der Waals surface area contributed by atoms with Gasteiger partial charge in [0.2, 0.25) is 5.91 Å². The van der Waals surface area contributed by atoms with Crippen molar-refractivity contribution in [1.82, 2.24) is 14.9 Å². The number of hydrogen-bond donors (Lipinski definition) is 3. The molecule has 0 atom stereocenters. The first-order chi connectivity index (χ1) is 11.4. The van der Waals surface area contributed by atoms with E-state index in [-0.39, 0.29) is 11.3 Å². The number of hydrogen-bond acceptors (Lipinski definition) is 5. The van der Waals surface area contributed by atoms with E-state index in [0.29, 0.717) is 30.1 Å². The summed E-state index contributed by atoms with van der Waals surface area (Å²) in [7, 11) is 1.46. The molecule has 4 N–H and O–H groups in total. The number of amides is 1. The number of carbonyl (C=O) groups excluding carboxylic acids is 1. The second kappa shape index (κ2) is 7.84. The third-order valence-electron chi connectivity index (χ3n) is 3.28. The van der Waals surface area contributed by atoms with Crippen LogP contribution in [-0.2, 0) is 11.3 Å². The van der Waals surface area contributed by atoms with Crippen LogP contribution in [0.25, 0.3) is 11.3 Å². The van der Waals surface area contributed by atoms with Gasteiger partial charge in [-0.05, 0) is 30.4 Å². The number of ether oxygens (including phenoxy) is 1. The Morgan fingerprint density at radius 3 is 2.88 bits per heavy atom. The molecule has 0 bridgehead atoms. The van der Waals surface area contributed by atoms with Gasteiger partial charge in [-0.3, -0.25) is 14.6 Å². The molecule has 0 spiro atoms. The van der Waals surface area contributed by atoms with Gasteiger partial charge in [-0.15, -0.1) is 0 Å². The number of H-pyrrole nitrogens is 1. The van der Waals surface area contributed by atoms with Crippen LogP contribution in [0.5, 0.6) is 5.75 Å². The van der Waals surface area contributed by atoms with Crippen LogP contribution < -0.4 is 21.3 Å². The molecule has 0 unspecified atom stereocenters. The predicted molar refractivity (Wildman–Crippen MR) is 89.9 cm³/mol. The van der Waals surface area contributed by atoms with Crippen molar-refractivity contribution in [2.24, 2.45) is 5.73 Å². The molecule has 2 rings (SSSR count). The number of nitrogens with zero attached hydrogens (tertiary/aromatic N) is 1. The van der Waals surface area contributed by atoms with Gasteiger partial charge in [0.25, 0.3) is 5.56 Å². The van der Waals surface area contributed by atoms with Crippen molar-refractivity contribution in [1.29, 1.82) is 0 Å². The minimum Gasteiger partial charge on any atom is -0.496 e. The number of aromatic amines is 1. The lowest BCUT2D eigenvalue weighted by molar-refractivity contribution is -0.117. The van der Waals surface area contributed by atoms with Crippen molar-refractivity contribution in [2.45, 2.75) is 6.54 Å². The third kappa shape index (κ3) is 4.27. The number of primary amides is 1. The molecule has 0 aliphatic heterocycles. The first kappa shape index (κ1) is 17.8. The fourth-order valence-electron chi connectivity index (χ4n) is 2.25. The highest BCUT2D eigenvalue weighted by atomic mass is 32.1. The Labute approximate surface area is 142 Å². The van der Waals surface area contributed by atoms with Crippen LogP contribution in [0, 0.1) is 10.6 Å². The number of aromatic nitrogens is 2. The number of methoxy groups -OCH3 is 1. The highest BCUT2D eigenvalue weighted by molar-refractivity contribution is 7.71. The van der Waals surface area contributed by atoms with E-state index in [0.717, 1.165) is 0 Å². The van der Waals surface area contributed by atoms with Crippen molar-refractivity contribution < 1.29 is 13.9 Å². The van der Waals surface area contributed by atoms with Crippen LogP contribution in [0.4, 0.5) is 4.39 Å². The molecule has 0 aliphatic rings. The average Bonchev–Trinajstić information content (AvgIpc) is 2.52. The van der Waals surface area contributed by atoms with Crippen molar-refractivity contribution in [2.75, 3.05) is 20.2 Å². The summed E-state index contributed by atoms with van der Waals surface area (Å²) in [5.74, 6) is -0.530. The molecule has 1 heterocycles. The molecular formula is C15H17FN4O3S. The quantitative estimate of drug-likeness (QED) is 0.505. The third-order valence-corrected chi connectivity index (χ3v) is 3.61. The fraction of sp³-hybridized carbons (Fsp3) is 0.267. The van der Waals surface area contributed by atoms with E-state index >= 15 is 0 Å². The van der Waals surface area contributed by atoms with Gasteiger partial charge in [-0.25, -0.2) is 4.39 Å². The lowest BCUT2D eigenvalue weighted by Gasteiger charge is -2.16. The van der Waals surface area contributed by atoms with Crippen LogP contribution in [0.3, 0.4) is 0 Å². The van der Waals surface area contributed by atoms with Gasteiger partial charge < -0.3 is 20.4 Å². The summed E-state index contributed by atoms with van der Waals surface area (Å²) in [6.45, 7) is 0.751. The summed E-state index contributed by atoms with van der Waals surface area (Å²) in [6.07, 6.45) is 0. The Kier molecular flexibility index (Phi) is 5.83. The van der Waals surface area contributed by atoms with Gasteiger partial charge in [-0.2, -0.15) is 0 Å². The van der Waals surface area contributed by atoms with Crippen molar-refractivity contribution in [3.05, 3.63) is 45.2 Å². The zero-order chi connectivity index (χ0) is 17.7. The van der Waals surface area contributed by atoms with E-state index in [9.17, 15) is 14.0 Å². The normalized spacial score (nSPS) is 10.6. The second-order valence-corrected chi connectivity index (χ2v) is 5.35. The molecule has 0 saturated carbocycles. The summed E-state index contributed by atoms with van der Waals surface area (Å²) in [5, 5.41) is 2.85. The largest absolute Gasteiger partial charge is 0.496 e. The Morgan fingerprint density at radius 1 is 1.46 bits per heavy atom. The highest BCUT2D eigenvalue weighted by Gasteiger charge is 2.13. The van der Waals surface area contributed by atoms with Gasteiger partial charge in [0, 0.05) is 24.7 Å². The minimum absolute atomic E-state index is 0.0231. The molecule has 0 saturated heterocycles. The Balaban J connectivity index is 2.46. The molecule has 0 aliphatic carbocycles. The molecule has 2 aromatic rings. The predicted octanol–water partition coefficient (Wildman–Crippen LogP) is 0.795. The second-order valence-electron chi connectivity index (χ2n) is 4.96. The van der Waals surface area contributed by atoms with Crippen LogP contribution in [0.1, 0.15) is 0 Å². The zero-order valence-electron chi connectivity index (χ0n) is 13.0. The van der Waals surface area contributed by atoms with Crippen molar-refractivity contribution >= 4 is 18.1 Å². The van der Waals surface area contributed by atoms with E-state index in [1.807, 2.05) is 0 Å². The smallest absolute Gasteiger partial charge is 0.252 e. The molecule has 24 heavy (non-hydrogen) atoms. The maximum atomic E-state index is 13.7. The Bertz CT molecular complexity index is 863. The van der Waals surface area contributed by atoms with Gasteiger partial charge in [0.1, 0.15) is 11.6 Å².